The normalized spacial score (nSPS) is 20.1. The number of nitrogens with one attached hydrogen (secondary N) is 2. The molecule has 5 rings (SSSR count). The third kappa shape index (κ3) is 4.28. The second kappa shape index (κ2) is 8.57. The molecule has 2 aromatic carbocycles. The number of piperazine rings is 1. The van der Waals surface area contributed by atoms with Gasteiger partial charge in [0.25, 0.3) is 0 Å². The summed E-state index contributed by atoms with van der Waals surface area (Å²) in [5.41, 5.74) is 3.11. The number of halogens is 2. The molecule has 3 heterocycles. The zero-order valence-electron chi connectivity index (χ0n) is 19.7. The monoisotopic (exact) mass is 512 g/mol. The number of carbonyl (C=O) groups is 3. The third-order valence-corrected chi connectivity index (χ3v) is 7.19. The molecule has 35 heavy (non-hydrogen) atoms. The molecule has 2 unspecified atom stereocenters. The van der Waals surface area contributed by atoms with Gasteiger partial charge in [0, 0.05) is 28.6 Å². The first kappa shape index (κ1) is 23.7. The van der Waals surface area contributed by atoms with Crippen LogP contribution in [0.3, 0.4) is 0 Å². The first-order chi connectivity index (χ1) is 16.5. The zero-order chi connectivity index (χ0) is 25.1. The number of carbonyl (C=O) groups excluding carboxylic acids is 3. The van der Waals surface area contributed by atoms with Crippen molar-refractivity contribution >= 4 is 51.8 Å². The molecule has 0 saturated carbocycles. The minimum Gasteiger partial charge on any atom is -0.356 e. The molecular weight excluding hydrogens is 487 g/mol. The topological polar surface area (TPSA) is 85.5 Å². The summed E-state index contributed by atoms with van der Waals surface area (Å²) >= 11 is 12.5. The maximum atomic E-state index is 13.7. The van der Waals surface area contributed by atoms with Gasteiger partial charge in [-0.05, 0) is 50.1 Å². The van der Waals surface area contributed by atoms with Gasteiger partial charge in [0.1, 0.15) is 19.1 Å². The van der Waals surface area contributed by atoms with E-state index in [1.807, 2.05) is 51.1 Å². The van der Waals surface area contributed by atoms with Crippen molar-refractivity contribution in [3.8, 4) is 0 Å². The maximum absolute atomic E-state index is 13.7. The summed E-state index contributed by atoms with van der Waals surface area (Å²) in [7, 11) is 0. The first-order valence-corrected chi connectivity index (χ1v) is 12.2. The highest BCUT2D eigenvalue weighted by atomic mass is 35.5. The van der Waals surface area contributed by atoms with Crippen molar-refractivity contribution in [1.82, 2.24) is 20.1 Å². The van der Waals surface area contributed by atoms with Crippen molar-refractivity contribution < 1.29 is 14.4 Å². The lowest BCUT2D eigenvalue weighted by molar-refractivity contribution is -0.159. The fourth-order valence-electron chi connectivity index (χ4n) is 5.12. The van der Waals surface area contributed by atoms with E-state index >= 15 is 0 Å². The fourth-order valence-corrected chi connectivity index (χ4v) is 5.42. The van der Waals surface area contributed by atoms with Crippen LogP contribution in [-0.2, 0) is 20.8 Å². The molecule has 0 aliphatic carbocycles. The first-order valence-electron chi connectivity index (χ1n) is 11.5. The summed E-state index contributed by atoms with van der Waals surface area (Å²) in [5.74, 6) is -0.759. The quantitative estimate of drug-likeness (QED) is 0.554. The Balaban J connectivity index is 1.58. The molecule has 1 aromatic heterocycles. The van der Waals surface area contributed by atoms with Gasteiger partial charge in [-0.25, -0.2) is 0 Å². The molecule has 3 aromatic rings. The molecule has 182 valence electrons. The second-order valence-electron chi connectivity index (χ2n) is 10.2. The van der Waals surface area contributed by atoms with Crippen molar-refractivity contribution in [2.75, 3.05) is 13.1 Å². The van der Waals surface area contributed by atoms with Gasteiger partial charge in [-0.15, -0.1) is 0 Å². The van der Waals surface area contributed by atoms with E-state index in [9.17, 15) is 14.4 Å². The van der Waals surface area contributed by atoms with E-state index < -0.39 is 17.6 Å². The summed E-state index contributed by atoms with van der Waals surface area (Å²) in [5, 5.41) is 4.66. The van der Waals surface area contributed by atoms with Gasteiger partial charge in [0.2, 0.25) is 17.7 Å². The van der Waals surface area contributed by atoms with Gasteiger partial charge < -0.3 is 20.1 Å². The molecule has 1 saturated heterocycles. The molecule has 1 fully saturated rings. The maximum Gasteiger partial charge on any atom is 0.246 e. The summed E-state index contributed by atoms with van der Waals surface area (Å²) < 4.78 is 0. The Morgan fingerprint density at radius 2 is 1.86 bits per heavy atom. The van der Waals surface area contributed by atoms with Crippen molar-refractivity contribution in [3.05, 3.63) is 69.3 Å². The lowest BCUT2D eigenvalue weighted by Gasteiger charge is -2.47. The van der Waals surface area contributed by atoms with Gasteiger partial charge in [0.05, 0.1) is 16.1 Å². The minimum absolute atomic E-state index is 0.162. The Morgan fingerprint density at radius 1 is 1.11 bits per heavy atom. The number of hydrogen-bond donors (Lipinski definition) is 2. The summed E-state index contributed by atoms with van der Waals surface area (Å²) in [6, 6.07) is 11.9. The Labute approximate surface area is 213 Å². The van der Waals surface area contributed by atoms with Crippen LogP contribution in [0.5, 0.6) is 0 Å². The van der Waals surface area contributed by atoms with Crippen molar-refractivity contribution in [1.29, 1.82) is 0 Å². The highest BCUT2D eigenvalue weighted by molar-refractivity contribution is 6.42. The van der Waals surface area contributed by atoms with E-state index in [1.165, 1.54) is 4.90 Å². The average Bonchev–Trinajstić information content (AvgIpc) is 3.15. The van der Waals surface area contributed by atoms with Crippen molar-refractivity contribution in [2.24, 2.45) is 0 Å². The molecular formula is C26H26Cl2N4O3. The predicted molar refractivity (Wildman–Crippen MR) is 135 cm³/mol. The van der Waals surface area contributed by atoms with Gasteiger partial charge in [-0.1, -0.05) is 47.5 Å². The number of para-hydroxylation sites is 1. The summed E-state index contributed by atoms with van der Waals surface area (Å²) in [6.45, 7) is 5.29. The van der Waals surface area contributed by atoms with Crippen molar-refractivity contribution in [2.45, 2.75) is 44.8 Å². The molecule has 7 nitrogen and oxygen atoms in total. The van der Waals surface area contributed by atoms with Crippen LogP contribution in [-0.4, -0.2) is 57.2 Å². The van der Waals surface area contributed by atoms with E-state index in [2.05, 4.69) is 10.3 Å². The van der Waals surface area contributed by atoms with E-state index in [1.54, 1.807) is 17.0 Å². The fraction of sp³-hybridized carbons (Fsp3) is 0.346. The molecule has 3 amide bonds. The highest BCUT2D eigenvalue weighted by Crippen LogP contribution is 2.43. The summed E-state index contributed by atoms with van der Waals surface area (Å²) in [4.78, 5) is 46.2. The number of nitrogens with zero attached hydrogens (tertiary/aromatic N) is 2. The lowest BCUT2D eigenvalue weighted by atomic mass is 9.86. The number of H-pyrrole nitrogens is 1. The molecule has 0 radical (unpaired) electrons. The minimum atomic E-state index is -0.732. The van der Waals surface area contributed by atoms with Crippen LogP contribution < -0.4 is 5.32 Å². The number of aromatic amines is 1. The molecule has 2 N–H and O–H groups in total. The van der Waals surface area contributed by atoms with Crippen LogP contribution in [0.2, 0.25) is 10.0 Å². The van der Waals surface area contributed by atoms with Gasteiger partial charge in [-0.3, -0.25) is 14.4 Å². The molecule has 2 atom stereocenters. The van der Waals surface area contributed by atoms with Crippen LogP contribution >= 0.6 is 23.2 Å². The van der Waals surface area contributed by atoms with E-state index in [0.29, 0.717) is 16.5 Å². The van der Waals surface area contributed by atoms with Gasteiger partial charge in [0.15, 0.2) is 0 Å². The van der Waals surface area contributed by atoms with E-state index in [4.69, 9.17) is 23.2 Å². The number of hydrogen-bond acceptors (Lipinski definition) is 3. The Hall–Kier alpha value is -3.03. The number of aromatic nitrogens is 1. The molecule has 2 aliphatic rings. The highest BCUT2D eigenvalue weighted by Gasteiger charge is 2.48. The van der Waals surface area contributed by atoms with E-state index in [0.717, 1.165) is 27.7 Å². The smallest absolute Gasteiger partial charge is 0.246 e. The lowest BCUT2D eigenvalue weighted by Crippen LogP contribution is -2.64. The van der Waals surface area contributed by atoms with Gasteiger partial charge in [-0.2, -0.15) is 0 Å². The van der Waals surface area contributed by atoms with Crippen LogP contribution in [0.15, 0.2) is 42.5 Å². The van der Waals surface area contributed by atoms with Crippen LogP contribution in [0.25, 0.3) is 10.9 Å². The predicted octanol–water partition coefficient (Wildman–Crippen LogP) is 4.07. The van der Waals surface area contributed by atoms with Crippen LogP contribution in [0.1, 0.15) is 43.6 Å². The molecule has 0 spiro atoms. The third-order valence-electron chi connectivity index (χ3n) is 6.45. The van der Waals surface area contributed by atoms with Crippen LogP contribution in [0, 0.1) is 0 Å². The van der Waals surface area contributed by atoms with Crippen LogP contribution in [0.4, 0.5) is 0 Å². The molecule has 9 heteroatoms. The Bertz CT molecular complexity index is 1360. The average molecular weight is 513 g/mol. The number of amides is 3. The number of rotatable bonds is 3. The Morgan fingerprint density at radius 3 is 2.57 bits per heavy atom. The largest absolute Gasteiger partial charge is 0.356 e. The van der Waals surface area contributed by atoms with Crippen molar-refractivity contribution in [3.63, 3.8) is 0 Å². The number of fused-ring (bicyclic) bond motifs is 4. The van der Waals surface area contributed by atoms with E-state index in [-0.39, 0.29) is 30.8 Å². The molecule has 0 bridgehead atoms. The Kier molecular flexibility index (Phi) is 5.80. The summed E-state index contributed by atoms with van der Waals surface area (Å²) in [6.07, 6.45) is 0.360. The number of benzene rings is 2. The van der Waals surface area contributed by atoms with Gasteiger partial charge >= 0.3 is 0 Å². The zero-order valence-corrected chi connectivity index (χ0v) is 21.2. The second-order valence-corrected chi connectivity index (χ2v) is 11.0. The SMILES string of the molecule is CC(C)(C)NC(=O)CN1CC(=O)N2C(Cc3c([nH]c4ccccc34)C2c2ccc(Cl)c(Cl)c2)C1=O. The standard InChI is InChI=1S/C26H26Cl2N4O3/c1-26(2,3)30-21(33)12-31-13-22(34)32-20(25(31)35)11-16-15-6-4-5-7-19(15)29-23(16)24(32)14-8-9-17(27)18(28)10-14/h4-10,20,24,29H,11-13H2,1-3H3,(H,30,33). The molecule has 2 aliphatic heterocycles.